The van der Waals surface area contributed by atoms with Crippen molar-refractivity contribution >= 4 is 17.7 Å². The molecule has 0 radical (unpaired) electrons. The summed E-state index contributed by atoms with van der Waals surface area (Å²) in [6.07, 6.45) is 0.555. The van der Waals surface area contributed by atoms with Crippen LogP contribution >= 0.6 is 0 Å². The van der Waals surface area contributed by atoms with E-state index in [9.17, 15) is 14.4 Å². The van der Waals surface area contributed by atoms with Crippen molar-refractivity contribution in [2.45, 2.75) is 19.4 Å². The van der Waals surface area contributed by atoms with Crippen LogP contribution in [0.25, 0.3) is 11.4 Å². The monoisotopic (exact) mass is 434 g/mol. The molecule has 0 atom stereocenters. The predicted molar refractivity (Wildman–Crippen MR) is 114 cm³/mol. The number of rotatable bonds is 8. The molecule has 3 amide bonds. The minimum atomic E-state index is -0.316. The van der Waals surface area contributed by atoms with Gasteiger partial charge in [0.15, 0.2) is 0 Å². The molecule has 0 unspecified atom stereocenters. The van der Waals surface area contributed by atoms with Crippen LogP contribution in [0.5, 0.6) is 5.75 Å². The Balaban J connectivity index is 1.28. The Bertz CT molecular complexity index is 1120. The van der Waals surface area contributed by atoms with Gasteiger partial charge in [-0.15, -0.1) is 0 Å². The van der Waals surface area contributed by atoms with Gasteiger partial charge in [-0.2, -0.15) is 4.98 Å². The lowest BCUT2D eigenvalue weighted by Gasteiger charge is -2.17. The highest BCUT2D eigenvalue weighted by Crippen LogP contribution is 2.23. The highest BCUT2D eigenvalue weighted by Gasteiger charge is 2.34. The number of hydrogen-bond acceptors (Lipinski definition) is 7. The lowest BCUT2D eigenvalue weighted by atomic mass is 10.1. The number of aromatic nitrogens is 2. The molecule has 1 aliphatic heterocycles. The lowest BCUT2D eigenvalue weighted by molar-refractivity contribution is -0.130. The maximum atomic E-state index is 12.5. The van der Waals surface area contributed by atoms with Crippen molar-refractivity contribution in [2.75, 3.05) is 20.7 Å². The molecule has 0 fully saturated rings. The first-order valence-corrected chi connectivity index (χ1v) is 10.1. The predicted octanol–water partition coefficient (Wildman–Crippen LogP) is 2.78. The minimum absolute atomic E-state index is 0.147. The van der Waals surface area contributed by atoms with Crippen molar-refractivity contribution in [3.8, 4) is 17.1 Å². The summed E-state index contributed by atoms with van der Waals surface area (Å²) in [5.74, 6) is 0.683. The zero-order valence-corrected chi connectivity index (χ0v) is 17.8. The fraction of sp³-hybridized carbons (Fsp3) is 0.261. The molecule has 9 nitrogen and oxygen atoms in total. The van der Waals surface area contributed by atoms with Gasteiger partial charge in [-0.1, -0.05) is 17.3 Å². The molecule has 0 saturated heterocycles. The van der Waals surface area contributed by atoms with Gasteiger partial charge in [0.25, 0.3) is 11.8 Å². The molecule has 0 spiro atoms. The smallest absolute Gasteiger partial charge is 0.261 e. The van der Waals surface area contributed by atoms with Gasteiger partial charge in [-0.25, -0.2) is 0 Å². The molecule has 1 aliphatic rings. The molecule has 3 aromatic rings. The summed E-state index contributed by atoms with van der Waals surface area (Å²) in [5.41, 5.74) is 1.59. The molecule has 0 aliphatic carbocycles. The number of carbonyl (C=O) groups excluding carboxylic acids is 3. The van der Waals surface area contributed by atoms with Gasteiger partial charge < -0.3 is 14.2 Å². The Labute approximate surface area is 184 Å². The average Bonchev–Trinajstić information content (AvgIpc) is 3.37. The van der Waals surface area contributed by atoms with Crippen LogP contribution in [-0.4, -0.2) is 58.4 Å². The summed E-state index contributed by atoms with van der Waals surface area (Å²) in [4.78, 5) is 44.3. The highest BCUT2D eigenvalue weighted by atomic mass is 16.5. The minimum Gasteiger partial charge on any atom is -0.497 e. The van der Waals surface area contributed by atoms with E-state index in [1.807, 2.05) is 12.1 Å². The SMILES string of the molecule is COc1ccc(-c2noc(CN(C)C(=O)CCCN3C(=O)c4ccccc4C3=O)n2)cc1. The van der Waals surface area contributed by atoms with E-state index in [4.69, 9.17) is 9.26 Å². The van der Waals surface area contributed by atoms with Gasteiger partial charge in [0.05, 0.1) is 24.8 Å². The van der Waals surface area contributed by atoms with Crippen LogP contribution in [0.15, 0.2) is 53.1 Å². The van der Waals surface area contributed by atoms with E-state index < -0.39 is 0 Å². The van der Waals surface area contributed by atoms with Gasteiger partial charge in [0.2, 0.25) is 17.6 Å². The molecule has 2 heterocycles. The Morgan fingerprint density at radius 1 is 1.06 bits per heavy atom. The van der Waals surface area contributed by atoms with Gasteiger partial charge in [-0.05, 0) is 42.8 Å². The van der Waals surface area contributed by atoms with Crippen molar-refractivity contribution in [2.24, 2.45) is 0 Å². The number of amides is 3. The molecule has 0 saturated carbocycles. The summed E-state index contributed by atoms with van der Waals surface area (Å²) >= 11 is 0. The second kappa shape index (κ2) is 9.01. The van der Waals surface area contributed by atoms with Gasteiger partial charge in [0.1, 0.15) is 5.75 Å². The van der Waals surface area contributed by atoms with Gasteiger partial charge in [0, 0.05) is 25.6 Å². The van der Waals surface area contributed by atoms with Gasteiger partial charge >= 0.3 is 0 Å². The fourth-order valence-electron chi connectivity index (χ4n) is 3.49. The number of methoxy groups -OCH3 is 1. The molecule has 9 heteroatoms. The number of imide groups is 1. The third kappa shape index (κ3) is 4.22. The maximum Gasteiger partial charge on any atom is 0.261 e. The number of fused-ring (bicyclic) bond motifs is 1. The summed E-state index contributed by atoms with van der Waals surface area (Å²) < 4.78 is 10.4. The number of ether oxygens (including phenoxy) is 1. The van der Waals surface area contributed by atoms with E-state index in [0.717, 1.165) is 11.3 Å². The second-order valence-electron chi connectivity index (χ2n) is 7.40. The van der Waals surface area contributed by atoms with Crippen LogP contribution in [0.3, 0.4) is 0 Å². The average molecular weight is 434 g/mol. The van der Waals surface area contributed by atoms with Crippen molar-refractivity contribution in [3.63, 3.8) is 0 Å². The van der Waals surface area contributed by atoms with Crippen LogP contribution in [0, 0.1) is 0 Å². The van der Waals surface area contributed by atoms with Crippen LogP contribution in [0.4, 0.5) is 0 Å². The molecule has 2 aromatic carbocycles. The van der Waals surface area contributed by atoms with Crippen molar-refractivity contribution in [3.05, 3.63) is 65.5 Å². The van der Waals surface area contributed by atoms with E-state index in [1.165, 1.54) is 9.80 Å². The zero-order chi connectivity index (χ0) is 22.7. The standard InChI is InChI=1S/C23H22N4O5/c1-26(14-19-24-21(25-32-19)15-9-11-16(31-2)12-10-15)20(28)8-5-13-27-22(29)17-6-3-4-7-18(17)23(27)30/h3-4,6-7,9-12H,5,8,13-14H2,1-2H3. The van der Waals surface area contributed by atoms with Crippen molar-refractivity contribution in [1.82, 2.24) is 19.9 Å². The Kier molecular flexibility index (Phi) is 5.98. The Morgan fingerprint density at radius 3 is 2.34 bits per heavy atom. The number of nitrogens with zero attached hydrogens (tertiary/aromatic N) is 4. The zero-order valence-electron chi connectivity index (χ0n) is 17.8. The molecule has 0 N–H and O–H groups in total. The Morgan fingerprint density at radius 2 is 1.72 bits per heavy atom. The molecule has 32 heavy (non-hydrogen) atoms. The summed E-state index contributed by atoms with van der Waals surface area (Å²) in [6.45, 7) is 0.350. The quantitative estimate of drug-likeness (QED) is 0.502. The second-order valence-corrected chi connectivity index (χ2v) is 7.40. The Hall–Kier alpha value is -4.01. The summed E-state index contributed by atoms with van der Waals surface area (Å²) in [7, 11) is 3.23. The molecule has 0 bridgehead atoms. The van der Waals surface area contributed by atoms with E-state index in [2.05, 4.69) is 10.1 Å². The van der Waals surface area contributed by atoms with E-state index >= 15 is 0 Å². The topological polar surface area (TPSA) is 106 Å². The molecular formula is C23H22N4O5. The van der Waals surface area contributed by atoms with Crippen LogP contribution in [0.2, 0.25) is 0 Å². The molecule has 4 rings (SSSR count). The number of carbonyl (C=O) groups is 3. The van der Waals surface area contributed by atoms with E-state index in [-0.39, 0.29) is 37.2 Å². The summed E-state index contributed by atoms with van der Waals surface area (Å²) in [6, 6.07) is 14.0. The first kappa shape index (κ1) is 21.2. The summed E-state index contributed by atoms with van der Waals surface area (Å²) in [5, 5.41) is 3.96. The molecular weight excluding hydrogens is 412 g/mol. The van der Waals surface area contributed by atoms with E-state index in [1.54, 1.807) is 50.6 Å². The van der Waals surface area contributed by atoms with Crippen molar-refractivity contribution in [1.29, 1.82) is 0 Å². The first-order valence-electron chi connectivity index (χ1n) is 10.1. The third-order valence-corrected chi connectivity index (χ3v) is 5.27. The first-order chi connectivity index (χ1) is 15.5. The number of benzene rings is 2. The molecule has 164 valence electrons. The van der Waals surface area contributed by atoms with Gasteiger partial charge in [-0.3, -0.25) is 19.3 Å². The van der Waals surface area contributed by atoms with Crippen LogP contribution < -0.4 is 4.74 Å². The molecule has 1 aromatic heterocycles. The van der Waals surface area contributed by atoms with E-state index in [0.29, 0.717) is 29.3 Å². The normalized spacial score (nSPS) is 12.8. The van der Waals surface area contributed by atoms with Crippen molar-refractivity contribution < 1.29 is 23.6 Å². The number of hydrogen-bond donors (Lipinski definition) is 0. The van der Waals surface area contributed by atoms with Crippen LogP contribution in [0.1, 0.15) is 39.4 Å². The maximum absolute atomic E-state index is 12.5. The fourth-order valence-corrected chi connectivity index (χ4v) is 3.49. The van der Waals surface area contributed by atoms with Crippen LogP contribution in [-0.2, 0) is 11.3 Å². The highest BCUT2D eigenvalue weighted by molar-refractivity contribution is 6.21. The third-order valence-electron chi connectivity index (χ3n) is 5.27. The lowest BCUT2D eigenvalue weighted by Crippen LogP contribution is -2.32. The largest absolute Gasteiger partial charge is 0.497 e.